The monoisotopic (exact) mass is 288 g/mol. The lowest BCUT2D eigenvalue weighted by Gasteiger charge is -2.31. The number of aliphatic imine (C=N–C) groups is 1. The number of carbonyl (C=O) groups is 2. The molecule has 3 rings (SSSR count). The quantitative estimate of drug-likeness (QED) is 0.835. The summed E-state index contributed by atoms with van der Waals surface area (Å²) in [5, 5.41) is 0. The number of hydrogen-bond acceptors (Lipinski definition) is 5. The van der Waals surface area contributed by atoms with Gasteiger partial charge in [-0.2, -0.15) is 0 Å². The molecule has 1 aromatic carbocycles. The largest absolute Gasteiger partial charge is 0.474 e. The number of carbonyl (C=O) groups excluding carboxylic acids is 2. The fourth-order valence-corrected chi connectivity index (χ4v) is 2.54. The van der Waals surface area contributed by atoms with Gasteiger partial charge < -0.3 is 9.47 Å². The number of fused-ring (bicyclic) bond motifs is 1. The minimum atomic E-state index is -0.666. The molecule has 2 aliphatic heterocycles. The van der Waals surface area contributed by atoms with Crippen LogP contribution in [0, 0.1) is 0 Å². The van der Waals surface area contributed by atoms with Crippen molar-refractivity contribution in [1.29, 1.82) is 0 Å². The Hall–Kier alpha value is -2.37. The van der Waals surface area contributed by atoms with Crippen molar-refractivity contribution in [3.05, 3.63) is 35.9 Å². The van der Waals surface area contributed by atoms with E-state index in [0.717, 1.165) is 10.5 Å². The van der Waals surface area contributed by atoms with E-state index in [0.29, 0.717) is 12.3 Å². The van der Waals surface area contributed by atoms with Gasteiger partial charge in [-0.3, -0.25) is 4.79 Å². The molecule has 0 aliphatic carbocycles. The molecule has 21 heavy (non-hydrogen) atoms. The summed E-state index contributed by atoms with van der Waals surface area (Å²) >= 11 is 0. The second kappa shape index (κ2) is 5.55. The van der Waals surface area contributed by atoms with E-state index in [1.165, 1.54) is 0 Å². The summed E-state index contributed by atoms with van der Waals surface area (Å²) in [5.41, 5.74) is 0.870. The zero-order chi connectivity index (χ0) is 14.8. The molecule has 110 valence electrons. The maximum atomic E-state index is 12.2. The number of hydrogen-bond donors (Lipinski definition) is 0. The molecule has 6 nitrogen and oxygen atoms in total. The number of nitrogens with zero attached hydrogens (tertiary/aromatic N) is 2. The van der Waals surface area contributed by atoms with Crippen LogP contribution in [0.3, 0.4) is 0 Å². The zero-order valence-electron chi connectivity index (χ0n) is 11.7. The van der Waals surface area contributed by atoms with Crippen molar-refractivity contribution in [1.82, 2.24) is 4.90 Å². The normalized spacial score (nSPS) is 24.1. The van der Waals surface area contributed by atoms with Crippen molar-refractivity contribution in [2.75, 3.05) is 0 Å². The van der Waals surface area contributed by atoms with Crippen molar-refractivity contribution in [3.63, 3.8) is 0 Å². The Morgan fingerprint density at radius 2 is 2.19 bits per heavy atom. The van der Waals surface area contributed by atoms with Crippen LogP contribution in [-0.4, -0.2) is 35.1 Å². The number of imide groups is 1. The van der Waals surface area contributed by atoms with Gasteiger partial charge in [-0.1, -0.05) is 30.3 Å². The fraction of sp³-hybridized carbons (Fsp3) is 0.400. The van der Waals surface area contributed by atoms with Gasteiger partial charge in [0.1, 0.15) is 12.7 Å². The van der Waals surface area contributed by atoms with Gasteiger partial charge in [0.05, 0.1) is 0 Å². The van der Waals surface area contributed by atoms with Gasteiger partial charge in [-0.05, 0) is 12.0 Å². The van der Waals surface area contributed by atoms with Crippen LogP contribution in [0.5, 0.6) is 0 Å². The minimum Gasteiger partial charge on any atom is -0.474 e. The Labute approximate surface area is 122 Å². The standard InChI is InChI=1S/C15H16N2O4/c1-10-16-14-12(21-10)7-8-13(18)17(14)15(19)20-9-11-5-3-2-4-6-11/h2-6,12,14H,7-9H2,1H3/t12-,14+/m0/s1. The second-order valence-corrected chi connectivity index (χ2v) is 5.06. The summed E-state index contributed by atoms with van der Waals surface area (Å²) in [7, 11) is 0. The molecule has 0 saturated carbocycles. The summed E-state index contributed by atoms with van der Waals surface area (Å²) in [4.78, 5) is 29.5. The fourth-order valence-electron chi connectivity index (χ4n) is 2.54. The van der Waals surface area contributed by atoms with E-state index in [1.807, 2.05) is 30.3 Å². The Morgan fingerprint density at radius 3 is 2.95 bits per heavy atom. The number of ether oxygens (including phenoxy) is 2. The lowest BCUT2D eigenvalue weighted by Crippen LogP contribution is -2.52. The molecule has 0 aromatic heterocycles. The van der Waals surface area contributed by atoms with Crippen molar-refractivity contribution in [2.45, 2.75) is 38.6 Å². The molecular formula is C15H16N2O4. The first-order valence-corrected chi connectivity index (χ1v) is 6.89. The third-order valence-corrected chi connectivity index (χ3v) is 3.55. The molecule has 1 saturated heterocycles. The lowest BCUT2D eigenvalue weighted by molar-refractivity contribution is -0.137. The van der Waals surface area contributed by atoms with Crippen molar-refractivity contribution in [3.8, 4) is 0 Å². The maximum Gasteiger partial charge on any atom is 0.418 e. The predicted molar refractivity (Wildman–Crippen MR) is 74.5 cm³/mol. The van der Waals surface area contributed by atoms with Crippen LogP contribution in [-0.2, 0) is 20.9 Å². The Morgan fingerprint density at radius 1 is 1.43 bits per heavy atom. The number of piperidine rings is 1. The molecule has 2 aliphatic rings. The number of likely N-dealkylation sites (tertiary alicyclic amines) is 1. The maximum absolute atomic E-state index is 12.2. The van der Waals surface area contributed by atoms with Crippen LogP contribution >= 0.6 is 0 Å². The van der Waals surface area contributed by atoms with Gasteiger partial charge in [0, 0.05) is 13.3 Å². The van der Waals surface area contributed by atoms with Crippen molar-refractivity contribution in [2.24, 2.45) is 4.99 Å². The molecular weight excluding hydrogens is 272 g/mol. The smallest absolute Gasteiger partial charge is 0.418 e. The molecule has 0 bridgehead atoms. The summed E-state index contributed by atoms with van der Waals surface area (Å²) in [6.45, 7) is 1.85. The molecule has 2 atom stereocenters. The summed E-state index contributed by atoms with van der Waals surface area (Å²) < 4.78 is 10.7. The van der Waals surface area contributed by atoms with Crippen LogP contribution < -0.4 is 0 Å². The topological polar surface area (TPSA) is 68.2 Å². The van der Waals surface area contributed by atoms with E-state index in [9.17, 15) is 9.59 Å². The molecule has 1 fully saturated rings. The highest BCUT2D eigenvalue weighted by Gasteiger charge is 2.44. The van der Waals surface area contributed by atoms with Crippen LogP contribution in [0.15, 0.2) is 35.3 Å². The second-order valence-electron chi connectivity index (χ2n) is 5.06. The van der Waals surface area contributed by atoms with Crippen LogP contribution in [0.1, 0.15) is 25.3 Å². The SMILES string of the molecule is CC1=N[C@H]2[C@H](CCC(=O)N2C(=O)OCc2ccccc2)O1. The Balaban J connectivity index is 1.69. The number of benzene rings is 1. The summed E-state index contributed by atoms with van der Waals surface area (Å²) in [6, 6.07) is 9.33. The predicted octanol–water partition coefficient (Wildman–Crippen LogP) is 2.09. The van der Waals surface area contributed by atoms with Crippen molar-refractivity contribution >= 4 is 17.9 Å². The summed E-state index contributed by atoms with van der Waals surface area (Å²) in [5.74, 6) is 0.233. The highest BCUT2D eigenvalue weighted by molar-refractivity contribution is 5.94. The lowest BCUT2D eigenvalue weighted by atomic mass is 10.1. The first kappa shape index (κ1) is 13.6. The molecule has 6 heteroatoms. The van der Waals surface area contributed by atoms with Gasteiger partial charge in [0.15, 0.2) is 12.1 Å². The molecule has 2 amide bonds. The van der Waals surface area contributed by atoms with Crippen LogP contribution in [0.4, 0.5) is 4.79 Å². The molecule has 0 radical (unpaired) electrons. The van der Waals surface area contributed by atoms with Gasteiger partial charge in [-0.15, -0.1) is 0 Å². The molecule has 2 heterocycles. The first-order chi connectivity index (χ1) is 10.1. The third kappa shape index (κ3) is 2.74. The van der Waals surface area contributed by atoms with E-state index in [-0.39, 0.29) is 25.0 Å². The van der Waals surface area contributed by atoms with E-state index in [2.05, 4.69) is 4.99 Å². The van der Waals surface area contributed by atoms with E-state index >= 15 is 0 Å². The minimum absolute atomic E-state index is 0.129. The summed E-state index contributed by atoms with van der Waals surface area (Å²) in [6.07, 6.45) is -0.654. The van der Waals surface area contributed by atoms with Gasteiger partial charge in [0.2, 0.25) is 5.91 Å². The van der Waals surface area contributed by atoms with Gasteiger partial charge >= 0.3 is 6.09 Å². The molecule has 1 aromatic rings. The van der Waals surface area contributed by atoms with Crippen LogP contribution in [0.25, 0.3) is 0 Å². The number of amides is 2. The first-order valence-electron chi connectivity index (χ1n) is 6.89. The Kier molecular flexibility index (Phi) is 3.60. The average molecular weight is 288 g/mol. The van der Waals surface area contributed by atoms with E-state index in [4.69, 9.17) is 9.47 Å². The van der Waals surface area contributed by atoms with Gasteiger partial charge in [-0.25, -0.2) is 14.7 Å². The average Bonchev–Trinajstić information content (AvgIpc) is 2.86. The zero-order valence-corrected chi connectivity index (χ0v) is 11.7. The highest BCUT2D eigenvalue weighted by Crippen LogP contribution is 2.28. The van der Waals surface area contributed by atoms with Crippen molar-refractivity contribution < 1.29 is 19.1 Å². The Bertz CT molecular complexity index is 585. The highest BCUT2D eigenvalue weighted by atomic mass is 16.6. The molecule has 0 unspecified atom stereocenters. The third-order valence-electron chi connectivity index (χ3n) is 3.55. The van der Waals surface area contributed by atoms with E-state index in [1.54, 1.807) is 6.92 Å². The van der Waals surface area contributed by atoms with Gasteiger partial charge in [0.25, 0.3) is 0 Å². The number of rotatable bonds is 2. The van der Waals surface area contributed by atoms with Crippen LogP contribution in [0.2, 0.25) is 0 Å². The molecule has 0 spiro atoms. The molecule has 0 N–H and O–H groups in total. The van der Waals surface area contributed by atoms with E-state index < -0.39 is 12.3 Å².